The highest BCUT2D eigenvalue weighted by Gasteiger charge is 2.20. The van der Waals surface area contributed by atoms with Crippen molar-refractivity contribution in [1.29, 1.82) is 0 Å². The fourth-order valence-corrected chi connectivity index (χ4v) is 2.67. The van der Waals surface area contributed by atoms with Crippen molar-refractivity contribution in [2.45, 2.75) is 40.0 Å². The van der Waals surface area contributed by atoms with Crippen molar-refractivity contribution >= 4 is 0 Å². The first-order valence-electron chi connectivity index (χ1n) is 7.87. The van der Waals surface area contributed by atoms with Crippen LogP contribution in [0.4, 0.5) is 0 Å². The van der Waals surface area contributed by atoms with Gasteiger partial charge in [-0.1, -0.05) is 20.8 Å². The lowest BCUT2D eigenvalue weighted by Gasteiger charge is -2.32. The Balaban J connectivity index is 1.84. The summed E-state index contributed by atoms with van der Waals surface area (Å²) in [6, 6.07) is 4.33. The van der Waals surface area contributed by atoms with Crippen LogP contribution < -0.4 is 5.32 Å². The number of nitrogens with one attached hydrogen (secondary N) is 1. The van der Waals surface area contributed by atoms with Crippen LogP contribution in [0.3, 0.4) is 0 Å². The molecule has 1 saturated heterocycles. The molecule has 1 N–H and O–H groups in total. The third kappa shape index (κ3) is 4.62. The summed E-state index contributed by atoms with van der Waals surface area (Å²) in [6.07, 6.45) is 2.49. The summed E-state index contributed by atoms with van der Waals surface area (Å²) < 4.78 is 8.23. The van der Waals surface area contributed by atoms with Crippen molar-refractivity contribution < 1.29 is 4.74 Å². The van der Waals surface area contributed by atoms with E-state index in [0.29, 0.717) is 12.0 Å². The molecule has 1 aliphatic rings. The zero-order chi connectivity index (χ0) is 14.4. The summed E-state index contributed by atoms with van der Waals surface area (Å²) >= 11 is 0. The van der Waals surface area contributed by atoms with E-state index in [1.165, 1.54) is 5.69 Å². The molecule has 114 valence electrons. The molecule has 0 saturated carbocycles. The normalized spacial score (nSPS) is 20.7. The van der Waals surface area contributed by atoms with Crippen molar-refractivity contribution in [2.24, 2.45) is 5.92 Å². The summed E-state index contributed by atoms with van der Waals surface area (Å²) in [4.78, 5) is 2.47. The van der Waals surface area contributed by atoms with Crippen LogP contribution >= 0.6 is 0 Å². The van der Waals surface area contributed by atoms with Gasteiger partial charge in [0.25, 0.3) is 0 Å². The number of hydrogen-bond donors (Lipinski definition) is 1. The van der Waals surface area contributed by atoms with E-state index in [2.05, 4.69) is 53.9 Å². The first-order valence-corrected chi connectivity index (χ1v) is 7.87. The second kappa shape index (κ2) is 7.81. The molecule has 0 radical (unpaired) electrons. The van der Waals surface area contributed by atoms with Crippen molar-refractivity contribution in [3.63, 3.8) is 0 Å². The zero-order valence-corrected chi connectivity index (χ0v) is 13.1. The molecule has 1 aromatic heterocycles. The van der Waals surface area contributed by atoms with Crippen LogP contribution in [-0.2, 0) is 17.8 Å². The summed E-state index contributed by atoms with van der Waals surface area (Å²) in [5.74, 6) is 0.693. The predicted octanol–water partition coefficient (Wildman–Crippen LogP) is 1.95. The maximum Gasteiger partial charge on any atom is 0.0881 e. The Labute approximate surface area is 123 Å². The Morgan fingerprint density at radius 1 is 1.45 bits per heavy atom. The van der Waals surface area contributed by atoms with Gasteiger partial charge >= 0.3 is 0 Å². The summed E-state index contributed by atoms with van der Waals surface area (Å²) in [7, 11) is 0. The average Bonchev–Trinajstić information content (AvgIpc) is 2.86. The quantitative estimate of drug-likeness (QED) is 0.827. The number of morpholine rings is 1. The lowest BCUT2D eigenvalue weighted by atomic mass is 10.2. The Kier molecular flexibility index (Phi) is 6.07. The average molecular weight is 279 g/mol. The molecule has 1 aliphatic heterocycles. The van der Waals surface area contributed by atoms with Gasteiger partial charge < -0.3 is 14.6 Å². The molecule has 0 aromatic carbocycles. The van der Waals surface area contributed by atoms with Gasteiger partial charge in [0, 0.05) is 38.1 Å². The van der Waals surface area contributed by atoms with Gasteiger partial charge in [0.1, 0.15) is 0 Å². The molecule has 20 heavy (non-hydrogen) atoms. The molecule has 2 rings (SSSR count). The second-order valence-electron chi connectivity index (χ2n) is 6.06. The van der Waals surface area contributed by atoms with Crippen molar-refractivity contribution in [3.05, 3.63) is 24.0 Å². The molecule has 4 heteroatoms. The maximum absolute atomic E-state index is 5.90. The van der Waals surface area contributed by atoms with Crippen LogP contribution in [0.2, 0.25) is 0 Å². The minimum absolute atomic E-state index is 0.319. The monoisotopic (exact) mass is 279 g/mol. The van der Waals surface area contributed by atoms with Crippen LogP contribution in [0.5, 0.6) is 0 Å². The lowest BCUT2D eigenvalue weighted by Crippen LogP contribution is -2.44. The van der Waals surface area contributed by atoms with E-state index >= 15 is 0 Å². The second-order valence-corrected chi connectivity index (χ2v) is 6.06. The number of nitrogens with zero attached hydrogens (tertiary/aromatic N) is 2. The van der Waals surface area contributed by atoms with Crippen LogP contribution in [-0.4, -0.2) is 48.4 Å². The van der Waals surface area contributed by atoms with E-state index < -0.39 is 0 Å². The van der Waals surface area contributed by atoms with E-state index in [1.54, 1.807) is 0 Å². The van der Waals surface area contributed by atoms with Crippen LogP contribution in [0, 0.1) is 5.92 Å². The Hall–Kier alpha value is -0.840. The SMILES string of the molecule is CCN1CCOC(Cn2cccc2CNCC(C)C)C1. The lowest BCUT2D eigenvalue weighted by molar-refractivity contribution is -0.0345. The first kappa shape index (κ1) is 15.5. The van der Waals surface area contributed by atoms with Gasteiger partial charge in [-0.2, -0.15) is 0 Å². The van der Waals surface area contributed by atoms with E-state index in [0.717, 1.165) is 45.9 Å². The van der Waals surface area contributed by atoms with E-state index in [4.69, 9.17) is 4.74 Å². The highest BCUT2D eigenvalue weighted by molar-refractivity contribution is 5.07. The van der Waals surface area contributed by atoms with Gasteiger partial charge in [-0.05, 0) is 31.1 Å². The van der Waals surface area contributed by atoms with E-state index in [9.17, 15) is 0 Å². The highest BCUT2D eigenvalue weighted by atomic mass is 16.5. The maximum atomic E-state index is 5.90. The first-order chi connectivity index (χ1) is 9.69. The molecule has 1 aromatic rings. The van der Waals surface area contributed by atoms with Crippen molar-refractivity contribution in [1.82, 2.24) is 14.8 Å². The fourth-order valence-electron chi connectivity index (χ4n) is 2.67. The zero-order valence-electron chi connectivity index (χ0n) is 13.1. The summed E-state index contributed by atoms with van der Waals surface area (Å²) in [6.45, 7) is 13.8. The van der Waals surface area contributed by atoms with Crippen molar-refractivity contribution in [3.8, 4) is 0 Å². The van der Waals surface area contributed by atoms with Gasteiger partial charge in [0.2, 0.25) is 0 Å². The molecule has 0 spiro atoms. The predicted molar refractivity (Wildman–Crippen MR) is 82.8 cm³/mol. The molecule has 1 atom stereocenters. The van der Waals surface area contributed by atoms with E-state index in [1.807, 2.05) is 0 Å². The van der Waals surface area contributed by atoms with Gasteiger partial charge in [0.15, 0.2) is 0 Å². The van der Waals surface area contributed by atoms with Gasteiger partial charge in [0.05, 0.1) is 12.7 Å². The van der Waals surface area contributed by atoms with Crippen LogP contribution in [0.1, 0.15) is 26.5 Å². The standard InChI is InChI=1S/C16H29N3O/c1-4-18-8-9-20-16(12-18)13-19-7-5-6-15(19)11-17-10-14(2)3/h5-7,14,16-17H,4,8-13H2,1-3H3. The molecule has 1 unspecified atom stereocenters. The third-order valence-corrected chi connectivity index (χ3v) is 3.85. The Morgan fingerprint density at radius 2 is 2.30 bits per heavy atom. The molecule has 0 bridgehead atoms. The molecule has 1 fully saturated rings. The van der Waals surface area contributed by atoms with Crippen LogP contribution in [0.15, 0.2) is 18.3 Å². The van der Waals surface area contributed by atoms with Gasteiger partial charge in [-0.15, -0.1) is 0 Å². The molecule has 4 nitrogen and oxygen atoms in total. The molecule has 0 amide bonds. The van der Waals surface area contributed by atoms with Gasteiger partial charge in [-0.25, -0.2) is 0 Å². The van der Waals surface area contributed by atoms with Crippen molar-refractivity contribution in [2.75, 3.05) is 32.8 Å². The minimum atomic E-state index is 0.319. The number of ether oxygens (including phenoxy) is 1. The molecule has 2 heterocycles. The van der Waals surface area contributed by atoms with Gasteiger partial charge in [-0.3, -0.25) is 4.90 Å². The number of likely N-dealkylation sites (N-methyl/N-ethyl adjacent to an activating group) is 1. The summed E-state index contributed by atoms with van der Waals surface area (Å²) in [5, 5.41) is 3.51. The Morgan fingerprint density at radius 3 is 3.05 bits per heavy atom. The largest absolute Gasteiger partial charge is 0.374 e. The minimum Gasteiger partial charge on any atom is -0.374 e. The number of hydrogen-bond acceptors (Lipinski definition) is 3. The molecule has 0 aliphatic carbocycles. The summed E-state index contributed by atoms with van der Waals surface area (Å²) in [5.41, 5.74) is 1.35. The highest BCUT2D eigenvalue weighted by Crippen LogP contribution is 2.10. The molecular weight excluding hydrogens is 250 g/mol. The smallest absolute Gasteiger partial charge is 0.0881 e. The van der Waals surface area contributed by atoms with E-state index in [-0.39, 0.29) is 0 Å². The number of rotatable bonds is 7. The fraction of sp³-hybridized carbons (Fsp3) is 0.750. The Bertz CT molecular complexity index is 389. The van der Waals surface area contributed by atoms with Crippen LogP contribution in [0.25, 0.3) is 0 Å². The topological polar surface area (TPSA) is 29.4 Å². The molecular formula is C16H29N3O. The third-order valence-electron chi connectivity index (χ3n) is 3.85. The number of aromatic nitrogens is 1.